The first-order valence-electron chi connectivity index (χ1n) is 6.56. The van der Waals surface area contributed by atoms with Crippen LogP contribution in [0.3, 0.4) is 0 Å². The summed E-state index contributed by atoms with van der Waals surface area (Å²) in [5.74, 6) is -0.425. The zero-order chi connectivity index (χ0) is 13.1. The van der Waals surface area contributed by atoms with Crippen LogP contribution in [0, 0.1) is 0 Å². The topological polar surface area (TPSA) is 52.7 Å². The van der Waals surface area contributed by atoms with Gasteiger partial charge in [-0.15, -0.1) is 11.6 Å². The van der Waals surface area contributed by atoms with Gasteiger partial charge in [-0.2, -0.15) is 0 Å². The van der Waals surface area contributed by atoms with E-state index >= 15 is 0 Å². The maximum Gasteiger partial charge on any atom is 0.324 e. The number of likely N-dealkylation sites (tertiary alicyclic amines) is 2. The first-order chi connectivity index (χ1) is 8.58. The Morgan fingerprint density at radius 2 is 1.94 bits per heavy atom. The molecule has 2 aliphatic rings. The summed E-state index contributed by atoms with van der Waals surface area (Å²) in [6.45, 7) is 5.27. The molecule has 6 heteroatoms. The molecule has 0 aliphatic carbocycles. The van der Waals surface area contributed by atoms with Crippen LogP contribution in [0.25, 0.3) is 0 Å². The molecule has 1 N–H and O–H groups in total. The summed E-state index contributed by atoms with van der Waals surface area (Å²) >= 11 is 5.62. The van der Waals surface area contributed by atoms with Gasteiger partial charge in [-0.3, -0.25) is 15.0 Å². The van der Waals surface area contributed by atoms with Crippen LogP contribution < -0.4 is 5.32 Å². The lowest BCUT2D eigenvalue weighted by Crippen LogP contribution is -2.45. The van der Waals surface area contributed by atoms with E-state index in [9.17, 15) is 9.59 Å². The van der Waals surface area contributed by atoms with E-state index in [-0.39, 0.29) is 6.03 Å². The van der Waals surface area contributed by atoms with Gasteiger partial charge in [0, 0.05) is 19.1 Å². The van der Waals surface area contributed by atoms with Gasteiger partial charge in [0.2, 0.25) is 5.91 Å². The van der Waals surface area contributed by atoms with Crippen molar-refractivity contribution < 1.29 is 9.59 Å². The molecule has 0 aromatic carbocycles. The van der Waals surface area contributed by atoms with Gasteiger partial charge in [-0.05, 0) is 39.3 Å². The lowest BCUT2D eigenvalue weighted by atomic mass is 10.2. The van der Waals surface area contributed by atoms with Gasteiger partial charge in [-0.25, -0.2) is 4.79 Å². The van der Waals surface area contributed by atoms with Crippen molar-refractivity contribution >= 4 is 23.5 Å². The quantitative estimate of drug-likeness (QED) is 0.765. The molecule has 2 heterocycles. The molecule has 102 valence electrons. The molecule has 2 unspecified atom stereocenters. The van der Waals surface area contributed by atoms with E-state index in [4.69, 9.17) is 11.6 Å². The minimum Gasteiger partial charge on any atom is -0.323 e. The van der Waals surface area contributed by atoms with Crippen molar-refractivity contribution in [3.8, 4) is 0 Å². The van der Waals surface area contributed by atoms with E-state index < -0.39 is 11.3 Å². The van der Waals surface area contributed by atoms with Crippen molar-refractivity contribution in [2.75, 3.05) is 26.2 Å². The van der Waals surface area contributed by atoms with Crippen molar-refractivity contribution in [1.29, 1.82) is 0 Å². The highest BCUT2D eigenvalue weighted by Gasteiger charge is 2.32. The normalized spacial score (nSPS) is 26.3. The Morgan fingerprint density at radius 3 is 2.56 bits per heavy atom. The molecule has 2 rings (SSSR count). The van der Waals surface area contributed by atoms with Crippen LogP contribution in [0.1, 0.15) is 26.2 Å². The molecule has 0 aromatic rings. The standard InChI is InChI=1S/C12H20ClN3O2/c1-9(13)11(17)14-12(18)16-7-4-10(8-16)15-5-2-3-6-15/h9-10H,2-8H2,1H3,(H,14,17,18). The molecular weight excluding hydrogens is 254 g/mol. The van der Waals surface area contributed by atoms with Crippen molar-refractivity contribution in [3.05, 3.63) is 0 Å². The van der Waals surface area contributed by atoms with Crippen LogP contribution in [-0.2, 0) is 4.79 Å². The monoisotopic (exact) mass is 273 g/mol. The minimum atomic E-state index is -0.675. The summed E-state index contributed by atoms with van der Waals surface area (Å²) in [7, 11) is 0. The number of nitrogens with one attached hydrogen (secondary N) is 1. The Bertz CT molecular complexity index is 329. The number of rotatable bonds is 2. The molecule has 0 radical (unpaired) electrons. The number of hydrogen-bond acceptors (Lipinski definition) is 3. The smallest absolute Gasteiger partial charge is 0.323 e. The Hall–Kier alpha value is -0.810. The van der Waals surface area contributed by atoms with Crippen LogP contribution in [0.4, 0.5) is 4.79 Å². The zero-order valence-electron chi connectivity index (χ0n) is 10.7. The van der Waals surface area contributed by atoms with E-state index in [1.54, 1.807) is 11.8 Å². The number of halogens is 1. The zero-order valence-corrected chi connectivity index (χ0v) is 11.4. The number of nitrogens with zero attached hydrogens (tertiary/aromatic N) is 2. The largest absolute Gasteiger partial charge is 0.324 e. The molecule has 3 amide bonds. The molecule has 0 bridgehead atoms. The second-order valence-electron chi connectivity index (χ2n) is 5.04. The lowest BCUT2D eigenvalue weighted by molar-refractivity contribution is -0.119. The van der Waals surface area contributed by atoms with Crippen LogP contribution >= 0.6 is 11.6 Å². The van der Waals surface area contributed by atoms with E-state index in [1.165, 1.54) is 12.8 Å². The summed E-state index contributed by atoms with van der Waals surface area (Å²) in [4.78, 5) is 27.3. The van der Waals surface area contributed by atoms with Gasteiger partial charge in [0.05, 0.1) is 0 Å². The number of carbonyl (C=O) groups is 2. The maximum absolute atomic E-state index is 11.8. The number of carbonyl (C=O) groups excluding carboxylic acids is 2. The molecule has 0 saturated carbocycles. The lowest BCUT2D eigenvalue weighted by Gasteiger charge is -2.23. The highest BCUT2D eigenvalue weighted by molar-refractivity contribution is 6.31. The van der Waals surface area contributed by atoms with E-state index in [0.717, 1.165) is 32.6 Å². The molecule has 18 heavy (non-hydrogen) atoms. The molecule has 2 atom stereocenters. The summed E-state index contributed by atoms with van der Waals surface area (Å²) < 4.78 is 0. The van der Waals surface area contributed by atoms with Gasteiger partial charge in [0.25, 0.3) is 0 Å². The summed E-state index contributed by atoms with van der Waals surface area (Å²) in [5.41, 5.74) is 0. The average Bonchev–Trinajstić information content (AvgIpc) is 2.99. The fourth-order valence-electron chi connectivity index (χ4n) is 2.61. The Labute approximate surface area is 112 Å². The highest BCUT2D eigenvalue weighted by atomic mass is 35.5. The summed E-state index contributed by atoms with van der Waals surface area (Å²) in [6, 6.07) is 0.149. The highest BCUT2D eigenvalue weighted by Crippen LogP contribution is 2.20. The fourth-order valence-corrected chi connectivity index (χ4v) is 2.67. The van der Waals surface area contributed by atoms with Crippen molar-refractivity contribution in [3.63, 3.8) is 0 Å². The van der Waals surface area contributed by atoms with Crippen LogP contribution in [-0.4, -0.2) is 59.3 Å². The molecule has 0 aromatic heterocycles. The molecular formula is C12H20ClN3O2. The van der Waals surface area contributed by atoms with Gasteiger partial charge >= 0.3 is 6.03 Å². The molecule has 2 aliphatic heterocycles. The number of alkyl halides is 1. The van der Waals surface area contributed by atoms with Gasteiger partial charge in [0.1, 0.15) is 5.38 Å². The molecule has 2 saturated heterocycles. The van der Waals surface area contributed by atoms with E-state index in [2.05, 4.69) is 10.2 Å². The Kier molecular flexibility index (Phi) is 4.45. The molecule has 0 spiro atoms. The van der Waals surface area contributed by atoms with E-state index in [1.807, 2.05) is 0 Å². The van der Waals surface area contributed by atoms with Gasteiger partial charge in [0.15, 0.2) is 0 Å². The molecule has 5 nitrogen and oxygen atoms in total. The number of imide groups is 1. The number of hydrogen-bond donors (Lipinski definition) is 1. The van der Waals surface area contributed by atoms with E-state index in [0.29, 0.717) is 6.04 Å². The van der Waals surface area contributed by atoms with Crippen LogP contribution in [0.5, 0.6) is 0 Å². The number of urea groups is 1. The first-order valence-corrected chi connectivity index (χ1v) is 6.99. The third-order valence-electron chi connectivity index (χ3n) is 3.70. The third-order valence-corrected chi connectivity index (χ3v) is 3.90. The van der Waals surface area contributed by atoms with Crippen molar-refractivity contribution in [2.45, 2.75) is 37.6 Å². The summed E-state index contributed by atoms with van der Waals surface area (Å²) in [6.07, 6.45) is 3.51. The van der Waals surface area contributed by atoms with Gasteiger partial charge < -0.3 is 4.90 Å². The maximum atomic E-state index is 11.8. The second-order valence-corrected chi connectivity index (χ2v) is 5.70. The third kappa shape index (κ3) is 3.14. The van der Waals surface area contributed by atoms with Crippen molar-refractivity contribution in [1.82, 2.24) is 15.1 Å². The van der Waals surface area contributed by atoms with Gasteiger partial charge in [-0.1, -0.05) is 0 Å². The minimum absolute atomic E-state index is 0.311. The first kappa shape index (κ1) is 13.6. The van der Waals surface area contributed by atoms with Crippen LogP contribution in [0.15, 0.2) is 0 Å². The summed E-state index contributed by atoms with van der Waals surface area (Å²) in [5, 5.41) is 1.65. The Balaban J connectivity index is 1.80. The SMILES string of the molecule is CC(Cl)C(=O)NC(=O)N1CCC(N2CCCC2)C1. The Morgan fingerprint density at radius 1 is 1.28 bits per heavy atom. The van der Waals surface area contributed by atoms with Crippen molar-refractivity contribution in [2.24, 2.45) is 0 Å². The van der Waals surface area contributed by atoms with Crippen LogP contribution in [0.2, 0.25) is 0 Å². The second kappa shape index (κ2) is 5.89. The predicted molar refractivity (Wildman–Crippen MR) is 69.6 cm³/mol. The fraction of sp³-hybridized carbons (Fsp3) is 0.833. The average molecular weight is 274 g/mol. The number of amides is 3. The molecule has 2 fully saturated rings. The predicted octanol–water partition coefficient (Wildman–Crippen LogP) is 1.02.